The van der Waals surface area contributed by atoms with Gasteiger partial charge in [0.2, 0.25) is 0 Å². The van der Waals surface area contributed by atoms with Crippen LogP contribution in [-0.2, 0) is 6.54 Å². The average molecular weight is 345 g/mol. The van der Waals surface area contributed by atoms with Crippen LogP contribution in [0.4, 0.5) is 0 Å². The second-order valence-electron chi connectivity index (χ2n) is 7.03. The molecular formula is C19H28N4S. The fraction of sp³-hybridized carbons (Fsp3) is 0.579. The fourth-order valence-electron chi connectivity index (χ4n) is 3.18. The highest BCUT2D eigenvalue weighted by molar-refractivity contribution is 7.09. The van der Waals surface area contributed by atoms with E-state index < -0.39 is 0 Å². The molecule has 0 aliphatic carbocycles. The quantitative estimate of drug-likeness (QED) is 0.861. The van der Waals surface area contributed by atoms with Crippen molar-refractivity contribution < 1.29 is 0 Å². The number of aromatic nitrogens is 2. The summed E-state index contributed by atoms with van der Waals surface area (Å²) in [6.45, 7) is 9.88. The van der Waals surface area contributed by atoms with Crippen LogP contribution in [0, 0.1) is 0 Å². The average Bonchev–Trinajstić information content (AvgIpc) is 3.08. The topological polar surface area (TPSA) is 41.1 Å². The maximum atomic E-state index is 4.78. The number of nitrogens with zero attached hydrogens (tertiary/aromatic N) is 3. The van der Waals surface area contributed by atoms with Crippen molar-refractivity contribution >= 4 is 11.3 Å². The lowest BCUT2D eigenvalue weighted by molar-refractivity contribution is 0.183. The van der Waals surface area contributed by atoms with Gasteiger partial charge in [-0.1, -0.05) is 19.9 Å². The van der Waals surface area contributed by atoms with Gasteiger partial charge in [0, 0.05) is 49.2 Å². The molecule has 0 spiro atoms. The number of rotatable bonds is 6. The Morgan fingerprint density at radius 2 is 2.04 bits per heavy atom. The molecule has 4 nitrogen and oxygen atoms in total. The minimum absolute atomic E-state index is 0.334. The van der Waals surface area contributed by atoms with Crippen LogP contribution >= 0.6 is 11.3 Å². The Kier molecular flexibility index (Phi) is 5.98. The third-order valence-corrected chi connectivity index (χ3v) is 5.83. The van der Waals surface area contributed by atoms with Gasteiger partial charge in [-0.3, -0.25) is 9.88 Å². The van der Waals surface area contributed by atoms with Gasteiger partial charge in [-0.25, -0.2) is 4.98 Å². The van der Waals surface area contributed by atoms with Gasteiger partial charge in [0.25, 0.3) is 0 Å². The highest BCUT2D eigenvalue weighted by Gasteiger charge is 2.22. The van der Waals surface area contributed by atoms with E-state index in [1.165, 1.54) is 29.2 Å². The maximum Gasteiger partial charge on any atom is 0.0954 e. The molecule has 1 saturated heterocycles. The van der Waals surface area contributed by atoms with Crippen LogP contribution in [0.3, 0.4) is 0 Å². The van der Waals surface area contributed by atoms with Crippen LogP contribution in [0.1, 0.15) is 62.0 Å². The van der Waals surface area contributed by atoms with Gasteiger partial charge in [-0.2, -0.15) is 0 Å². The van der Waals surface area contributed by atoms with Gasteiger partial charge in [0.15, 0.2) is 0 Å². The summed E-state index contributed by atoms with van der Waals surface area (Å²) in [6, 6.07) is 7.08. The molecule has 0 bridgehead atoms. The van der Waals surface area contributed by atoms with Crippen LogP contribution in [-0.4, -0.2) is 34.0 Å². The number of hydrogen-bond acceptors (Lipinski definition) is 5. The van der Waals surface area contributed by atoms with E-state index in [9.17, 15) is 0 Å². The van der Waals surface area contributed by atoms with Crippen molar-refractivity contribution in [2.24, 2.45) is 0 Å². The molecule has 0 unspecified atom stereocenters. The van der Waals surface area contributed by atoms with E-state index in [-0.39, 0.29) is 0 Å². The van der Waals surface area contributed by atoms with E-state index in [0.29, 0.717) is 18.0 Å². The predicted octanol–water partition coefficient (Wildman–Crippen LogP) is 3.98. The molecule has 1 fully saturated rings. The molecule has 0 saturated carbocycles. The van der Waals surface area contributed by atoms with Crippen molar-refractivity contribution in [1.29, 1.82) is 0 Å². The van der Waals surface area contributed by atoms with Crippen molar-refractivity contribution in [2.75, 3.05) is 13.1 Å². The Bertz CT molecular complexity index is 617. The number of thiazole rings is 1. The predicted molar refractivity (Wildman–Crippen MR) is 100 cm³/mol. The zero-order chi connectivity index (χ0) is 16.9. The summed E-state index contributed by atoms with van der Waals surface area (Å²) in [7, 11) is 0. The number of piperidine rings is 1. The van der Waals surface area contributed by atoms with E-state index in [1.54, 1.807) is 11.3 Å². The smallest absolute Gasteiger partial charge is 0.0954 e. The van der Waals surface area contributed by atoms with Gasteiger partial charge in [0.1, 0.15) is 0 Å². The molecule has 2 aromatic rings. The zero-order valence-electron chi connectivity index (χ0n) is 14.9. The summed E-state index contributed by atoms with van der Waals surface area (Å²) in [5.41, 5.74) is 2.36. The summed E-state index contributed by atoms with van der Waals surface area (Å²) in [5, 5.41) is 7.22. The van der Waals surface area contributed by atoms with Crippen molar-refractivity contribution in [3.63, 3.8) is 0 Å². The van der Waals surface area contributed by atoms with Crippen LogP contribution in [0.2, 0.25) is 0 Å². The van der Waals surface area contributed by atoms with Gasteiger partial charge >= 0.3 is 0 Å². The SMILES string of the molecule is CC(C)c1nc([C@H](C)NC2CCN(Cc3ccccn3)CC2)cs1. The summed E-state index contributed by atoms with van der Waals surface area (Å²) in [6.07, 6.45) is 4.27. The highest BCUT2D eigenvalue weighted by Crippen LogP contribution is 2.24. The van der Waals surface area contributed by atoms with Crippen molar-refractivity contribution in [3.05, 3.63) is 46.2 Å². The lowest BCUT2D eigenvalue weighted by atomic mass is 10.0. The van der Waals surface area contributed by atoms with Crippen LogP contribution < -0.4 is 5.32 Å². The zero-order valence-corrected chi connectivity index (χ0v) is 15.7. The van der Waals surface area contributed by atoms with E-state index >= 15 is 0 Å². The summed E-state index contributed by atoms with van der Waals surface area (Å²) >= 11 is 1.78. The van der Waals surface area contributed by atoms with Crippen molar-refractivity contribution in [2.45, 2.75) is 58.2 Å². The minimum Gasteiger partial charge on any atom is -0.306 e. The van der Waals surface area contributed by atoms with E-state index in [0.717, 1.165) is 19.6 Å². The molecule has 0 radical (unpaired) electrons. The number of hydrogen-bond donors (Lipinski definition) is 1. The Morgan fingerprint density at radius 3 is 2.67 bits per heavy atom. The van der Waals surface area contributed by atoms with E-state index in [4.69, 9.17) is 4.98 Å². The molecule has 3 rings (SSSR count). The maximum absolute atomic E-state index is 4.78. The second kappa shape index (κ2) is 8.19. The molecule has 1 N–H and O–H groups in total. The molecule has 3 heterocycles. The van der Waals surface area contributed by atoms with Crippen molar-refractivity contribution in [3.8, 4) is 0 Å². The molecule has 5 heteroatoms. The molecule has 24 heavy (non-hydrogen) atoms. The van der Waals surface area contributed by atoms with E-state index in [1.807, 2.05) is 12.3 Å². The van der Waals surface area contributed by atoms with Gasteiger partial charge in [-0.15, -0.1) is 11.3 Å². The van der Waals surface area contributed by atoms with Crippen LogP contribution in [0.25, 0.3) is 0 Å². The van der Waals surface area contributed by atoms with Gasteiger partial charge < -0.3 is 5.32 Å². The van der Waals surface area contributed by atoms with Crippen LogP contribution in [0.5, 0.6) is 0 Å². The first kappa shape index (κ1) is 17.5. The largest absolute Gasteiger partial charge is 0.306 e. The lowest BCUT2D eigenvalue weighted by Gasteiger charge is -2.33. The summed E-state index contributed by atoms with van der Waals surface area (Å²) < 4.78 is 0. The standard InChI is InChI=1S/C19H28N4S/c1-14(2)19-22-18(13-24-19)15(3)21-16-7-10-23(11-8-16)12-17-6-4-5-9-20-17/h4-6,9,13-16,21H,7-8,10-12H2,1-3H3/t15-/m0/s1. The molecule has 130 valence electrons. The third kappa shape index (κ3) is 4.62. The highest BCUT2D eigenvalue weighted by atomic mass is 32.1. The molecule has 0 aromatic carbocycles. The summed E-state index contributed by atoms with van der Waals surface area (Å²) in [4.78, 5) is 11.7. The number of likely N-dealkylation sites (tertiary alicyclic amines) is 1. The molecule has 1 aliphatic heterocycles. The Balaban J connectivity index is 1.46. The monoisotopic (exact) mass is 344 g/mol. The van der Waals surface area contributed by atoms with Gasteiger partial charge in [-0.05, 0) is 31.9 Å². The number of nitrogens with one attached hydrogen (secondary N) is 1. The van der Waals surface area contributed by atoms with Crippen LogP contribution in [0.15, 0.2) is 29.8 Å². The Hall–Kier alpha value is -1.30. The normalized spacial score (nSPS) is 18.2. The van der Waals surface area contributed by atoms with E-state index in [2.05, 4.69) is 53.5 Å². The first-order valence-electron chi connectivity index (χ1n) is 8.95. The molecular weight excluding hydrogens is 316 g/mol. The second-order valence-corrected chi connectivity index (χ2v) is 7.91. The Labute approximate surface area is 149 Å². The molecule has 1 aliphatic rings. The number of pyridine rings is 1. The lowest BCUT2D eigenvalue weighted by Crippen LogP contribution is -2.43. The fourth-order valence-corrected chi connectivity index (χ4v) is 4.11. The molecule has 2 aromatic heterocycles. The first-order chi connectivity index (χ1) is 11.6. The molecule has 0 amide bonds. The van der Waals surface area contributed by atoms with Crippen molar-refractivity contribution in [1.82, 2.24) is 20.2 Å². The molecule has 1 atom stereocenters. The Morgan fingerprint density at radius 1 is 1.25 bits per heavy atom. The minimum atomic E-state index is 0.334. The third-order valence-electron chi connectivity index (χ3n) is 4.66. The first-order valence-corrected chi connectivity index (χ1v) is 9.83. The summed E-state index contributed by atoms with van der Waals surface area (Å²) in [5.74, 6) is 0.519. The van der Waals surface area contributed by atoms with Gasteiger partial charge in [0.05, 0.1) is 16.4 Å².